The zero-order valence-corrected chi connectivity index (χ0v) is 25.3. The van der Waals surface area contributed by atoms with Gasteiger partial charge in [0.05, 0.1) is 29.9 Å². The van der Waals surface area contributed by atoms with Crippen molar-refractivity contribution in [2.24, 2.45) is 5.41 Å². The van der Waals surface area contributed by atoms with E-state index in [0.29, 0.717) is 12.0 Å². The van der Waals surface area contributed by atoms with Gasteiger partial charge < -0.3 is 15.4 Å². The molecule has 3 aromatic carbocycles. The minimum atomic E-state index is -1.75. The quantitative estimate of drug-likeness (QED) is 0.270. The molecule has 0 aliphatic carbocycles. The molecule has 0 radical (unpaired) electrons. The smallest absolute Gasteiger partial charge is 0.242 e. The molecule has 0 saturated carbocycles. The van der Waals surface area contributed by atoms with Crippen molar-refractivity contribution < 1.29 is 23.1 Å². The fraction of sp³-hybridized carbons (Fsp3) is 0.344. The summed E-state index contributed by atoms with van der Waals surface area (Å²) in [6.45, 7) is 7.28. The SMILES string of the molecule is COc1cc(C(C)=O)ccc1NC(=O)[C@@H]1N[C@@H](CC(C)(C)C)[C@](C#N)(c2ccc(Cl)cc2F)[C@H]1c1cccc(Cl)c1F. The molecule has 220 valence electrons. The third kappa shape index (κ3) is 5.87. The summed E-state index contributed by atoms with van der Waals surface area (Å²) in [4.78, 5) is 26.0. The average molecular weight is 615 g/mol. The number of nitrogens with one attached hydrogen (secondary N) is 2. The van der Waals surface area contributed by atoms with Crippen molar-refractivity contribution in [2.75, 3.05) is 12.4 Å². The van der Waals surface area contributed by atoms with Crippen molar-refractivity contribution in [3.05, 3.63) is 93.0 Å². The molecule has 42 heavy (non-hydrogen) atoms. The van der Waals surface area contributed by atoms with Gasteiger partial charge >= 0.3 is 0 Å². The van der Waals surface area contributed by atoms with Crippen LogP contribution in [0.25, 0.3) is 0 Å². The first kappa shape index (κ1) is 31.4. The van der Waals surface area contributed by atoms with Crippen molar-refractivity contribution in [3.8, 4) is 11.8 Å². The van der Waals surface area contributed by atoms with E-state index in [2.05, 4.69) is 16.7 Å². The van der Waals surface area contributed by atoms with Gasteiger partial charge in [0.1, 0.15) is 22.8 Å². The molecule has 0 aromatic heterocycles. The number of amides is 1. The third-order valence-electron chi connectivity index (χ3n) is 7.60. The first-order valence-corrected chi connectivity index (χ1v) is 14.1. The van der Waals surface area contributed by atoms with Crippen LogP contribution in [0, 0.1) is 28.4 Å². The minimum Gasteiger partial charge on any atom is -0.495 e. The summed E-state index contributed by atoms with van der Waals surface area (Å²) in [5.41, 5.74) is -1.51. The summed E-state index contributed by atoms with van der Waals surface area (Å²) < 4.78 is 37.0. The van der Waals surface area contributed by atoms with E-state index in [1.807, 2.05) is 20.8 Å². The number of carbonyl (C=O) groups excluding carboxylic acids is 2. The molecule has 10 heteroatoms. The van der Waals surface area contributed by atoms with Crippen LogP contribution in [-0.2, 0) is 10.2 Å². The van der Waals surface area contributed by atoms with Crippen molar-refractivity contribution in [1.82, 2.24) is 5.32 Å². The van der Waals surface area contributed by atoms with Crippen LogP contribution < -0.4 is 15.4 Å². The normalized spacial score (nSPS) is 22.0. The standard InChI is InChI=1S/C32H31Cl2F2N3O3/c1-17(40)18-9-12-24(25(13-18)42-5)38-30(41)29-27(20-7-6-8-22(34)28(20)36)32(16-37,26(39-29)15-31(2,3)4)21-11-10-19(33)14-23(21)35/h6-14,26-27,29,39H,15H2,1-5H3,(H,38,41)/t26-,27-,29+,32-/m0/s1. The second-order valence-corrected chi connectivity index (χ2v) is 12.5. The van der Waals surface area contributed by atoms with Gasteiger partial charge in [-0.05, 0) is 60.7 Å². The summed E-state index contributed by atoms with van der Waals surface area (Å²) in [6, 6.07) is 13.2. The molecule has 0 bridgehead atoms. The van der Waals surface area contributed by atoms with E-state index in [1.165, 1.54) is 56.5 Å². The molecule has 6 nitrogen and oxygen atoms in total. The van der Waals surface area contributed by atoms with Crippen LogP contribution in [0.3, 0.4) is 0 Å². The monoisotopic (exact) mass is 613 g/mol. The van der Waals surface area contributed by atoms with E-state index in [0.717, 1.165) is 6.07 Å². The summed E-state index contributed by atoms with van der Waals surface area (Å²) in [5.74, 6) is -3.34. The number of hydrogen-bond acceptors (Lipinski definition) is 5. The van der Waals surface area contributed by atoms with Gasteiger partial charge in [0, 0.05) is 28.1 Å². The van der Waals surface area contributed by atoms with Gasteiger partial charge in [-0.2, -0.15) is 5.26 Å². The van der Waals surface area contributed by atoms with Crippen molar-refractivity contribution in [3.63, 3.8) is 0 Å². The number of ketones is 1. The lowest BCUT2D eigenvalue weighted by atomic mass is 9.62. The topological polar surface area (TPSA) is 91.2 Å². The van der Waals surface area contributed by atoms with Crippen LogP contribution in [0.15, 0.2) is 54.6 Å². The molecule has 1 aliphatic rings. The van der Waals surface area contributed by atoms with Crippen molar-refractivity contribution >= 4 is 40.6 Å². The average Bonchev–Trinajstić information content (AvgIpc) is 3.23. The Morgan fingerprint density at radius 3 is 2.43 bits per heavy atom. The molecule has 3 aromatic rings. The number of rotatable bonds is 7. The second kappa shape index (κ2) is 12.0. The van der Waals surface area contributed by atoms with Crippen LogP contribution in [-0.4, -0.2) is 30.9 Å². The maximum absolute atomic E-state index is 15.8. The largest absolute Gasteiger partial charge is 0.495 e. The highest BCUT2D eigenvalue weighted by atomic mass is 35.5. The van der Waals surface area contributed by atoms with E-state index in [9.17, 15) is 14.9 Å². The first-order valence-electron chi connectivity index (χ1n) is 13.3. The highest BCUT2D eigenvalue weighted by Gasteiger charge is 2.61. The lowest BCUT2D eigenvalue weighted by Gasteiger charge is -2.37. The van der Waals surface area contributed by atoms with E-state index >= 15 is 8.78 Å². The molecule has 2 N–H and O–H groups in total. The lowest BCUT2D eigenvalue weighted by Crippen LogP contribution is -2.45. The van der Waals surface area contributed by atoms with Crippen LogP contribution in [0.4, 0.5) is 14.5 Å². The molecule has 1 aliphatic heterocycles. The van der Waals surface area contributed by atoms with Crippen molar-refractivity contribution in [1.29, 1.82) is 5.26 Å². The van der Waals surface area contributed by atoms with E-state index in [1.54, 1.807) is 6.07 Å². The van der Waals surface area contributed by atoms with Gasteiger partial charge in [0.2, 0.25) is 5.91 Å². The molecule has 1 fully saturated rings. The number of anilines is 1. The van der Waals surface area contributed by atoms with Crippen LogP contribution in [0.2, 0.25) is 10.0 Å². The predicted molar refractivity (Wildman–Crippen MR) is 159 cm³/mol. The number of carbonyl (C=O) groups is 2. The Morgan fingerprint density at radius 1 is 1.12 bits per heavy atom. The number of Topliss-reactive ketones (excluding diaryl/α,β-unsaturated/α-hetero) is 1. The van der Waals surface area contributed by atoms with Gasteiger partial charge in [0.25, 0.3) is 0 Å². The summed E-state index contributed by atoms with van der Waals surface area (Å²) in [7, 11) is 1.40. The summed E-state index contributed by atoms with van der Waals surface area (Å²) in [5, 5.41) is 17.0. The van der Waals surface area contributed by atoms with Gasteiger partial charge in [-0.15, -0.1) is 0 Å². The molecular weight excluding hydrogens is 583 g/mol. The zero-order valence-electron chi connectivity index (χ0n) is 23.8. The van der Waals surface area contributed by atoms with E-state index in [-0.39, 0.29) is 43.8 Å². The van der Waals surface area contributed by atoms with E-state index < -0.39 is 41.0 Å². The fourth-order valence-corrected chi connectivity index (χ4v) is 6.12. The molecular formula is C32H31Cl2F2N3O3. The minimum absolute atomic E-state index is 0.0126. The maximum Gasteiger partial charge on any atom is 0.242 e. The van der Waals surface area contributed by atoms with Gasteiger partial charge in [-0.1, -0.05) is 62.2 Å². The molecule has 4 rings (SSSR count). The predicted octanol–water partition coefficient (Wildman–Crippen LogP) is 7.44. The zero-order chi connectivity index (χ0) is 31.0. The van der Waals surface area contributed by atoms with Gasteiger partial charge in [-0.3, -0.25) is 9.59 Å². The van der Waals surface area contributed by atoms with Crippen molar-refractivity contribution in [2.45, 2.75) is 57.5 Å². The molecule has 0 spiro atoms. The van der Waals surface area contributed by atoms with E-state index in [4.69, 9.17) is 27.9 Å². The lowest BCUT2D eigenvalue weighted by molar-refractivity contribution is -0.118. The Balaban J connectivity index is 1.95. The molecule has 1 saturated heterocycles. The number of hydrogen-bond donors (Lipinski definition) is 2. The first-order chi connectivity index (χ1) is 19.7. The van der Waals surface area contributed by atoms with Gasteiger partial charge in [0.15, 0.2) is 5.78 Å². The Morgan fingerprint density at radius 2 is 1.83 bits per heavy atom. The molecule has 0 unspecified atom stereocenters. The molecule has 1 heterocycles. The Labute approximate surface area is 254 Å². The van der Waals surface area contributed by atoms with Crippen LogP contribution in [0.1, 0.15) is 61.5 Å². The highest BCUT2D eigenvalue weighted by Crippen LogP contribution is 2.53. The number of ether oxygens (including phenoxy) is 1. The molecule has 1 amide bonds. The molecule has 4 atom stereocenters. The van der Waals surface area contributed by atoms with Crippen LogP contribution in [0.5, 0.6) is 5.75 Å². The Hall–Kier alpha value is -3.51. The highest BCUT2D eigenvalue weighted by molar-refractivity contribution is 6.31. The number of nitriles is 1. The fourth-order valence-electron chi connectivity index (χ4n) is 5.78. The number of methoxy groups -OCH3 is 1. The summed E-state index contributed by atoms with van der Waals surface area (Å²) >= 11 is 12.3. The maximum atomic E-state index is 15.8. The number of benzene rings is 3. The van der Waals surface area contributed by atoms with Gasteiger partial charge in [-0.25, -0.2) is 8.78 Å². The second-order valence-electron chi connectivity index (χ2n) is 11.6. The number of nitrogens with zero attached hydrogens (tertiary/aromatic N) is 1. The number of halogens is 4. The Bertz CT molecular complexity index is 1580. The third-order valence-corrected chi connectivity index (χ3v) is 8.12. The van der Waals surface area contributed by atoms with Crippen LogP contribution >= 0.6 is 23.2 Å². The Kier molecular flexibility index (Phi) is 8.98. The summed E-state index contributed by atoms with van der Waals surface area (Å²) in [6.07, 6.45) is 0.335.